The predicted octanol–water partition coefficient (Wildman–Crippen LogP) is 1.62. The van der Waals surface area contributed by atoms with E-state index in [0.29, 0.717) is 16.3 Å². The van der Waals surface area contributed by atoms with Crippen LogP contribution < -0.4 is 4.72 Å². The van der Waals surface area contributed by atoms with E-state index >= 15 is 0 Å². The summed E-state index contributed by atoms with van der Waals surface area (Å²) in [5, 5.41) is 0. The van der Waals surface area contributed by atoms with Gasteiger partial charge in [-0.25, -0.2) is 8.42 Å². The normalized spacial score (nSPS) is 24.8. The molecular weight excluding hydrogens is 268 g/mol. The number of hydrogen-bond acceptors (Lipinski definition) is 4. The number of rotatable bonds is 1. The maximum absolute atomic E-state index is 11.9. The van der Waals surface area contributed by atoms with Gasteiger partial charge in [-0.3, -0.25) is 9.71 Å². The Morgan fingerprint density at radius 2 is 1.94 bits per heavy atom. The lowest BCUT2D eigenvalue weighted by Crippen LogP contribution is -2.25. The first-order valence-corrected chi connectivity index (χ1v) is 8.58. The standard InChI is InChI=1S/C12H14N2O2S2/c15-18(16)11-4-2-1-3-10(11)12(14-18)13-9-5-7-17-8-6-9/h1-4,9H,5-8H2,(H,13,14). The Labute approximate surface area is 111 Å². The van der Waals surface area contributed by atoms with Crippen molar-refractivity contribution in [2.75, 3.05) is 11.5 Å². The molecule has 0 aromatic heterocycles. The summed E-state index contributed by atoms with van der Waals surface area (Å²) in [6.07, 6.45) is 2.05. The Kier molecular flexibility index (Phi) is 3.07. The zero-order valence-corrected chi connectivity index (χ0v) is 11.4. The van der Waals surface area contributed by atoms with Gasteiger partial charge in [0, 0.05) is 5.56 Å². The van der Waals surface area contributed by atoms with Crippen molar-refractivity contribution in [1.82, 2.24) is 4.72 Å². The zero-order chi connectivity index (χ0) is 12.6. The second-order valence-corrected chi connectivity index (χ2v) is 7.30. The fraction of sp³-hybridized carbons (Fsp3) is 0.417. The van der Waals surface area contributed by atoms with Gasteiger partial charge >= 0.3 is 0 Å². The number of amidine groups is 1. The van der Waals surface area contributed by atoms with Gasteiger partial charge in [0.25, 0.3) is 10.0 Å². The smallest absolute Gasteiger partial charge is 0.263 e. The second kappa shape index (κ2) is 4.59. The summed E-state index contributed by atoms with van der Waals surface area (Å²) < 4.78 is 26.4. The first kappa shape index (κ1) is 12.0. The summed E-state index contributed by atoms with van der Waals surface area (Å²) in [5.74, 6) is 2.73. The fourth-order valence-electron chi connectivity index (χ4n) is 2.23. The van der Waals surface area contributed by atoms with Gasteiger partial charge in [-0.15, -0.1) is 0 Å². The lowest BCUT2D eigenvalue weighted by Gasteiger charge is -2.17. The van der Waals surface area contributed by atoms with E-state index in [-0.39, 0.29) is 6.04 Å². The average Bonchev–Trinajstić information content (AvgIpc) is 2.63. The van der Waals surface area contributed by atoms with E-state index in [2.05, 4.69) is 9.71 Å². The van der Waals surface area contributed by atoms with Crippen molar-refractivity contribution < 1.29 is 8.42 Å². The van der Waals surface area contributed by atoms with Crippen LogP contribution in [0.25, 0.3) is 0 Å². The molecule has 2 aliphatic rings. The molecule has 0 radical (unpaired) electrons. The van der Waals surface area contributed by atoms with E-state index < -0.39 is 10.0 Å². The van der Waals surface area contributed by atoms with Gasteiger partial charge in [0.2, 0.25) is 0 Å². The number of thioether (sulfide) groups is 1. The summed E-state index contributed by atoms with van der Waals surface area (Å²) in [7, 11) is -3.39. The van der Waals surface area contributed by atoms with Crippen molar-refractivity contribution in [2.45, 2.75) is 23.8 Å². The highest BCUT2D eigenvalue weighted by atomic mass is 32.2. The van der Waals surface area contributed by atoms with Crippen molar-refractivity contribution in [1.29, 1.82) is 0 Å². The minimum atomic E-state index is -3.39. The van der Waals surface area contributed by atoms with Crippen LogP contribution in [0.1, 0.15) is 18.4 Å². The minimum absolute atomic E-state index is 0.245. The zero-order valence-electron chi connectivity index (χ0n) is 9.80. The molecule has 0 bridgehead atoms. The van der Waals surface area contributed by atoms with Gasteiger partial charge in [-0.2, -0.15) is 11.8 Å². The van der Waals surface area contributed by atoms with E-state index in [1.165, 1.54) is 0 Å². The van der Waals surface area contributed by atoms with E-state index in [1.807, 2.05) is 23.9 Å². The molecule has 0 saturated carbocycles. The van der Waals surface area contributed by atoms with E-state index in [9.17, 15) is 8.42 Å². The molecule has 96 valence electrons. The highest BCUT2D eigenvalue weighted by molar-refractivity contribution is 7.99. The third-order valence-electron chi connectivity index (χ3n) is 3.17. The van der Waals surface area contributed by atoms with Crippen molar-refractivity contribution in [2.24, 2.45) is 4.99 Å². The highest BCUT2D eigenvalue weighted by Gasteiger charge is 2.30. The van der Waals surface area contributed by atoms with Crippen LogP contribution in [0.4, 0.5) is 0 Å². The summed E-state index contributed by atoms with van der Waals surface area (Å²) in [4.78, 5) is 4.93. The predicted molar refractivity (Wildman–Crippen MR) is 73.6 cm³/mol. The molecule has 0 spiro atoms. The molecule has 18 heavy (non-hydrogen) atoms. The monoisotopic (exact) mass is 282 g/mol. The lowest BCUT2D eigenvalue weighted by molar-refractivity contribution is 0.594. The molecule has 0 atom stereocenters. The minimum Gasteiger partial charge on any atom is -0.264 e. The fourth-order valence-corrected chi connectivity index (χ4v) is 4.55. The van der Waals surface area contributed by atoms with Crippen molar-refractivity contribution >= 4 is 27.6 Å². The molecule has 1 N–H and O–H groups in total. The molecule has 1 aromatic carbocycles. The molecule has 1 saturated heterocycles. The quantitative estimate of drug-likeness (QED) is 0.851. The molecule has 3 rings (SSSR count). The molecule has 0 amide bonds. The first-order valence-electron chi connectivity index (χ1n) is 5.94. The molecule has 1 aromatic rings. The highest BCUT2D eigenvalue weighted by Crippen LogP contribution is 2.25. The molecule has 4 nitrogen and oxygen atoms in total. The van der Waals surface area contributed by atoms with Gasteiger partial charge in [-0.1, -0.05) is 12.1 Å². The van der Waals surface area contributed by atoms with Gasteiger partial charge < -0.3 is 0 Å². The number of nitrogens with one attached hydrogen (secondary N) is 1. The van der Waals surface area contributed by atoms with Crippen LogP contribution in [-0.4, -0.2) is 31.8 Å². The van der Waals surface area contributed by atoms with Gasteiger partial charge in [0.05, 0.1) is 10.9 Å². The van der Waals surface area contributed by atoms with Crippen LogP contribution in [0.3, 0.4) is 0 Å². The van der Waals surface area contributed by atoms with E-state index in [4.69, 9.17) is 0 Å². The van der Waals surface area contributed by atoms with Crippen LogP contribution in [0.2, 0.25) is 0 Å². The van der Waals surface area contributed by atoms with Gasteiger partial charge in [0.15, 0.2) is 0 Å². The topological polar surface area (TPSA) is 58.5 Å². The lowest BCUT2D eigenvalue weighted by atomic mass is 10.1. The molecule has 0 unspecified atom stereocenters. The van der Waals surface area contributed by atoms with Gasteiger partial charge in [0.1, 0.15) is 5.84 Å². The number of sulfonamides is 1. The number of benzene rings is 1. The Hall–Kier alpha value is -1.01. The summed E-state index contributed by atoms with van der Waals surface area (Å²) >= 11 is 1.93. The molecule has 1 fully saturated rings. The number of aliphatic imine (C=N–C) groups is 1. The van der Waals surface area contributed by atoms with Crippen molar-refractivity contribution in [3.8, 4) is 0 Å². The Balaban J connectivity index is 1.98. The second-order valence-electron chi connectivity index (χ2n) is 4.42. The Morgan fingerprint density at radius 3 is 2.72 bits per heavy atom. The summed E-state index contributed by atoms with van der Waals surface area (Å²) in [5.41, 5.74) is 0.704. The number of nitrogens with zero attached hydrogens (tertiary/aromatic N) is 1. The van der Waals surface area contributed by atoms with E-state index in [1.54, 1.807) is 12.1 Å². The number of fused-ring (bicyclic) bond motifs is 1. The van der Waals surface area contributed by atoms with Gasteiger partial charge in [-0.05, 0) is 36.5 Å². The van der Waals surface area contributed by atoms with Crippen LogP contribution in [0.15, 0.2) is 34.2 Å². The summed E-state index contributed by atoms with van der Waals surface area (Å²) in [6, 6.07) is 7.25. The Bertz CT molecular complexity index is 590. The van der Waals surface area contributed by atoms with Crippen LogP contribution in [-0.2, 0) is 10.0 Å². The molecule has 2 heterocycles. The Morgan fingerprint density at radius 1 is 1.22 bits per heavy atom. The number of hydrogen-bond donors (Lipinski definition) is 1. The van der Waals surface area contributed by atoms with Crippen molar-refractivity contribution in [3.05, 3.63) is 29.8 Å². The third kappa shape index (κ3) is 2.14. The summed E-state index contributed by atoms with van der Waals surface area (Å²) in [6.45, 7) is 0. The van der Waals surface area contributed by atoms with E-state index in [0.717, 1.165) is 24.3 Å². The maximum Gasteiger partial charge on any atom is 0.263 e. The van der Waals surface area contributed by atoms with Crippen LogP contribution >= 0.6 is 11.8 Å². The maximum atomic E-state index is 11.9. The van der Waals surface area contributed by atoms with Crippen LogP contribution in [0.5, 0.6) is 0 Å². The molecule has 6 heteroatoms. The molecule has 2 aliphatic heterocycles. The third-order valence-corrected chi connectivity index (χ3v) is 5.61. The van der Waals surface area contributed by atoms with Crippen molar-refractivity contribution in [3.63, 3.8) is 0 Å². The largest absolute Gasteiger partial charge is 0.264 e. The van der Waals surface area contributed by atoms with Crippen LogP contribution in [0, 0.1) is 0 Å². The molecular formula is C12H14N2O2S2. The molecule has 0 aliphatic carbocycles. The first-order chi connectivity index (χ1) is 8.67. The SMILES string of the molecule is O=S1(=O)NC(=NC2CCSCC2)c2ccccc21. The average molecular weight is 282 g/mol.